The van der Waals surface area contributed by atoms with Crippen molar-refractivity contribution in [3.63, 3.8) is 0 Å². The molecule has 0 amide bonds. The van der Waals surface area contributed by atoms with Gasteiger partial charge in [0.25, 0.3) is 0 Å². The normalized spacial score (nSPS) is 11.8. The molecule has 0 atom stereocenters. The van der Waals surface area contributed by atoms with Gasteiger partial charge >= 0.3 is 12.3 Å². The molecule has 7 heteroatoms. The van der Waals surface area contributed by atoms with E-state index in [4.69, 9.17) is 11.1 Å². The second-order valence-electron chi connectivity index (χ2n) is 3.63. The Hall–Kier alpha value is -1.63. The number of nitrogen functional groups attached to an aromatic ring is 1. The van der Waals surface area contributed by atoms with Crippen molar-refractivity contribution in [2.45, 2.75) is 19.0 Å². The molecule has 0 aliphatic heterocycles. The zero-order valence-corrected chi connectivity index (χ0v) is 9.30. The number of hydrogen-bond donors (Lipinski definition) is 2. The maximum Gasteiger partial charge on any atom is 0.330 e. The molecule has 1 aromatic carbocycles. The van der Waals surface area contributed by atoms with Crippen LogP contribution < -0.4 is 5.73 Å². The van der Waals surface area contributed by atoms with Crippen LogP contribution in [-0.4, -0.2) is 24.8 Å². The van der Waals surface area contributed by atoms with Gasteiger partial charge in [-0.15, -0.1) is 0 Å². The maximum atomic E-state index is 12.6. The Morgan fingerprint density at radius 2 is 1.94 bits per heavy atom. The zero-order chi connectivity index (χ0) is 13.8. The number of rotatable bonds is 6. The highest BCUT2D eigenvalue weighted by molar-refractivity contribution is 5.96. The molecule has 0 bridgehead atoms. The average Bonchev–Trinajstić information content (AvgIpc) is 2.29. The Bertz CT molecular complexity index is 423. The highest BCUT2D eigenvalue weighted by atomic mass is 19.3. The van der Waals surface area contributed by atoms with Gasteiger partial charge in [-0.1, -0.05) is 24.3 Å². The predicted molar refractivity (Wildman–Crippen MR) is 58.1 cm³/mol. The Morgan fingerprint density at radius 1 is 1.33 bits per heavy atom. The second kappa shape index (κ2) is 5.81. The number of ether oxygens (including phenoxy) is 1. The first-order valence-corrected chi connectivity index (χ1v) is 5.00. The van der Waals surface area contributed by atoms with Gasteiger partial charge in [-0.05, 0) is 5.56 Å². The van der Waals surface area contributed by atoms with Gasteiger partial charge in [0.05, 0.1) is 6.61 Å². The van der Waals surface area contributed by atoms with E-state index < -0.39 is 19.0 Å². The first-order valence-electron chi connectivity index (χ1n) is 5.00. The van der Waals surface area contributed by atoms with E-state index in [2.05, 4.69) is 4.74 Å². The summed E-state index contributed by atoms with van der Waals surface area (Å²) in [7, 11) is 0. The second-order valence-corrected chi connectivity index (χ2v) is 3.63. The summed E-state index contributed by atoms with van der Waals surface area (Å²) in [6.45, 7) is -1.69. The third-order valence-corrected chi connectivity index (χ3v) is 2.18. The molecule has 0 aliphatic carbocycles. The third-order valence-electron chi connectivity index (χ3n) is 2.18. The minimum absolute atomic E-state index is 0.241. The molecule has 0 fully saturated rings. The number of hydrogen-bond acceptors (Lipinski definition) is 2. The van der Waals surface area contributed by atoms with E-state index in [1.54, 1.807) is 12.1 Å². The molecule has 1 aromatic rings. The number of halogens is 4. The molecule has 0 spiro atoms. The van der Waals surface area contributed by atoms with Crippen LogP contribution in [0.5, 0.6) is 0 Å². The Morgan fingerprint density at radius 3 is 2.50 bits per heavy atom. The molecule has 1 rings (SSSR count). The number of amidine groups is 1. The van der Waals surface area contributed by atoms with Crippen molar-refractivity contribution in [1.82, 2.24) is 0 Å². The van der Waals surface area contributed by atoms with Crippen LogP contribution in [0.15, 0.2) is 24.3 Å². The van der Waals surface area contributed by atoms with E-state index in [-0.39, 0.29) is 12.4 Å². The predicted octanol–water partition coefficient (Wildman–Crippen LogP) is 2.39. The lowest BCUT2D eigenvalue weighted by atomic mass is 10.1. The average molecular weight is 264 g/mol. The van der Waals surface area contributed by atoms with Gasteiger partial charge in [-0.25, -0.2) is 8.78 Å². The van der Waals surface area contributed by atoms with E-state index in [1.807, 2.05) is 0 Å². The van der Waals surface area contributed by atoms with Gasteiger partial charge in [0, 0.05) is 5.56 Å². The monoisotopic (exact) mass is 264 g/mol. The number of nitrogens with one attached hydrogen (secondary N) is 1. The fraction of sp³-hybridized carbons (Fsp3) is 0.364. The lowest BCUT2D eigenvalue weighted by Crippen LogP contribution is -2.32. The van der Waals surface area contributed by atoms with Crippen molar-refractivity contribution in [3.8, 4) is 0 Å². The van der Waals surface area contributed by atoms with E-state index in [0.717, 1.165) is 0 Å². The smallest absolute Gasteiger partial charge is 0.330 e. The Balaban J connectivity index is 2.62. The lowest BCUT2D eigenvalue weighted by molar-refractivity contribution is -0.168. The summed E-state index contributed by atoms with van der Waals surface area (Å²) < 4.78 is 53.4. The first kappa shape index (κ1) is 14.4. The lowest BCUT2D eigenvalue weighted by Gasteiger charge is -2.16. The summed E-state index contributed by atoms with van der Waals surface area (Å²) in [5, 5.41) is 7.26. The van der Waals surface area contributed by atoms with Crippen molar-refractivity contribution < 1.29 is 22.3 Å². The van der Waals surface area contributed by atoms with Crippen LogP contribution in [0.2, 0.25) is 0 Å². The fourth-order valence-corrected chi connectivity index (χ4v) is 1.27. The van der Waals surface area contributed by atoms with Crippen LogP contribution in [0.1, 0.15) is 11.1 Å². The number of nitrogens with two attached hydrogens (primary N) is 1. The summed E-state index contributed by atoms with van der Waals surface area (Å²) >= 11 is 0. The van der Waals surface area contributed by atoms with Crippen LogP contribution >= 0.6 is 0 Å². The van der Waals surface area contributed by atoms with Crippen LogP contribution in [0.25, 0.3) is 0 Å². The van der Waals surface area contributed by atoms with Crippen molar-refractivity contribution in [2.75, 3.05) is 6.61 Å². The number of benzene rings is 1. The third kappa shape index (κ3) is 3.69. The molecule has 3 N–H and O–H groups in total. The van der Waals surface area contributed by atoms with Gasteiger partial charge in [-0.3, -0.25) is 5.41 Å². The SMILES string of the molecule is N=C(N)c1ccccc1COCC(F)(F)C(F)F. The molecule has 18 heavy (non-hydrogen) atoms. The van der Waals surface area contributed by atoms with E-state index in [9.17, 15) is 17.6 Å². The molecule has 0 saturated heterocycles. The van der Waals surface area contributed by atoms with Crippen molar-refractivity contribution in [1.29, 1.82) is 5.41 Å². The molecule has 0 unspecified atom stereocenters. The minimum atomic E-state index is -4.18. The van der Waals surface area contributed by atoms with Gasteiger partial charge in [0.2, 0.25) is 0 Å². The zero-order valence-electron chi connectivity index (χ0n) is 9.30. The van der Waals surface area contributed by atoms with Gasteiger partial charge in [0.15, 0.2) is 0 Å². The molecule has 3 nitrogen and oxygen atoms in total. The van der Waals surface area contributed by atoms with E-state index in [1.165, 1.54) is 12.1 Å². The highest BCUT2D eigenvalue weighted by Gasteiger charge is 2.40. The highest BCUT2D eigenvalue weighted by Crippen LogP contribution is 2.23. The van der Waals surface area contributed by atoms with Crippen LogP contribution in [0.3, 0.4) is 0 Å². The quantitative estimate of drug-likeness (QED) is 0.471. The largest absolute Gasteiger partial charge is 0.384 e. The Labute approximate surface area is 101 Å². The first-order chi connectivity index (χ1) is 8.34. The fourth-order valence-electron chi connectivity index (χ4n) is 1.27. The standard InChI is InChI=1S/C11H12F4N2O/c12-10(13)11(14,15)6-18-5-7-3-1-2-4-8(7)9(16)17/h1-4,10H,5-6H2,(H3,16,17). The van der Waals surface area contributed by atoms with Crippen molar-refractivity contribution in [2.24, 2.45) is 5.73 Å². The maximum absolute atomic E-state index is 12.6. The van der Waals surface area contributed by atoms with Crippen molar-refractivity contribution >= 4 is 5.84 Å². The molecule has 0 heterocycles. The molecule has 0 saturated carbocycles. The summed E-state index contributed by atoms with van der Waals surface area (Å²) in [4.78, 5) is 0. The van der Waals surface area contributed by atoms with Crippen LogP contribution in [-0.2, 0) is 11.3 Å². The summed E-state index contributed by atoms with van der Waals surface area (Å²) in [6, 6.07) is 6.27. The number of alkyl halides is 4. The molecule has 0 aromatic heterocycles. The molecule has 100 valence electrons. The summed E-state index contributed by atoms with van der Waals surface area (Å²) in [5.74, 6) is -4.42. The van der Waals surface area contributed by atoms with Gasteiger partial charge in [-0.2, -0.15) is 8.78 Å². The molecule has 0 radical (unpaired) electrons. The summed E-state index contributed by atoms with van der Waals surface area (Å²) in [5.41, 5.74) is 6.01. The molecule has 0 aliphatic rings. The van der Waals surface area contributed by atoms with Crippen LogP contribution in [0, 0.1) is 5.41 Å². The Kier molecular flexibility index (Phi) is 4.66. The van der Waals surface area contributed by atoms with Crippen molar-refractivity contribution in [3.05, 3.63) is 35.4 Å². The molecular formula is C11H12F4N2O. The van der Waals surface area contributed by atoms with Crippen LogP contribution in [0.4, 0.5) is 17.6 Å². The summed E-state index contributed by atoms with van der Waals surface area (Å²) in [6.07, 6.45) is -3.76. The minimum Gasteiger partial charge on any atom is -0.384 e. The van der Waals surface area contributed by atoms with E-state index >= 15 is 0 Å². The van der Waals surface area contributed by atoms with Gasteiger partial charge < -0.3 is 10.5 Å². The molecular weight excluding hydrogens is 252 g/mol. The topological polar surface area (TPSA) is 59.1 Å². The van der Waals surface area contributed by atoms with E-state index in [0.29, 0.717) is 11.1 Å². The van der Waals surface area contributed by atoms with Gasteiger partial charge in [0.1, 0.15) is 12.4 Å².